The van der Waals surface area contributed by atoms with Crippen LogP contribution in [0, 0.1) is 0 Å². The van der Waals surface area contributed by atoms with Gasteiger partial charge in [-0.3, -0.25) is 4.98 Å². The van der Waals surface area contributed by atoms with Crippen molar-refractivity contribution in [1.29, 1.82) is 0 Å². The molecule has 14 heavy (non-hydrogen) atoms. The monoisotopic (exact) mass is 189 g/mol. The van der Waals surface area contributed by atoms with Crippen LogP contribution in [0.3, 0.4) is 0 Å². The number of nitrogens with two attached hydrogens (primary N) is 2. The Kier molecular flexibility index (Phi) is 1.89. The molecule has 0 fully saturated rings. The number of ether oxygens (including phenoxy) is 1. The average molecular weight is 189 g/mol. The Balaban J connectivity index is 2.87. The lowest BCUT2D eigenvalue weighted by Gasteiger charge is -2.09. The number of pyridine rings is 1. The van der Waals surface area contributed by atoms with E-state index in [4.69, 9.17) is 16.2 Å². The number of anilines is 2. The van der Waals surface area contributed by atoms with E-state index in [1.807, 2.05) is 12.1 Å². The molecule has 72 valence electrons. The molecule has 0 saturated carbocycles. The maximum absolute atomic E-state index is 5.88. The fraction of sp³-hybridized carbons (Fsp3) is 0.100. The van der Waals surface area contributed by atoms with Gasteiger partial charge >= 0.3 is 0 Å². The summed E-state index contributed by atoms with van der Waals surface area (Å²) in [6.45, 7) is 0. The Bertz CT molecular complexity index is 482. The molecule has 0 amide bonds. The number of nitrogen functional groups attached to an aromatic ring is 2. The third-order valence-electron chi connectivity index (χ3n) is 2.14. The van der Waals surface area contributed by atoms with E-state index in [-0.39, 0.29) is 0 Å². The van der Waals surface area contributed by atoms with Gasteiger partial charge in [-0.25, -0.2) is 0 Å². The van der Waals surface area contributed by atoms with Crippen molar-refractivity contribution in [3.05, 3.63) is 24.4 Å². The number of fused-ring (bicyclic) bond motifs is 1. The summed E-state index contributed by atoms with van der Waals surface area (Å²) >= 11 is 0. The summed E-state index contributed by atoms with van der Waals surface area (Å²) in [7, 11) is 1.56. The minimum atomic E-state index is 0.574. The van der Waals surface area contributed by atoms with Crippen LogP contribution in [0.1, 0.15) is 0 Å². The molecule has 1 aromatic heterocycles. The fourth-order valence-corrected chi connectivity index (χ4v) is 1.44. The molecule has 0 atom stereocenters. The molecule has 2 rings (SSSR count). The Morgan fingerprint density at radius 3 is 2.86 bits per heavy atom. The molecule has 0 spiro atoms. The lowest BCUT2D eigenvalue weighted by Crippen LogP contribution is -1.98. The average Bonchev–Trinajstić information content (AvgIpc) is 2.23. The number of hydrogen-bond donors (Lipinski definition) is 2. The van der Waals surface area contributed by atoms with Gasteiger partial charge in [0.1, 0.15) is 5.75 Å². The van der Waals surface area contributed by atoms with Crippen LogP contribution in [-0.2, 0) is 0 Å². The smallest absolute Gasteiger partial charge is 0.144 e. The summed E-state index contributed by atoms with van der Waals surface area (Å²) in [6.07, 6.45) is 1.69. The van der Waals surface area contributed by atoms with E-state index in [1.54, 1.807) is 19.4 Å². The Labute approximate surface area is 81.5 Å². The van der Waals surface area contributed by atoms with Crippen LogP contribution >= 0.6 is 0 Å². The molecular weight excluding hydrogens is 178 g/mol. The van der Waals surface area contributed by atoms with E-state index < -0.39 is 0 Å². The first-order valence-electron chi connectivity index (χ1n) is 4.20. The van der Waals surface area contributed by atoms with E-state index in [1.165, 1.54) is 0 Å². The predicted molar refractivity (Wildman–Crippen MR) is 57.1 cm³/mol. The highest BCUT2D eigenvalue weighted by atomic mass is 16.5. The van der Waals surface area contributed by atoms with Crippen LogP contribution in [0.2, 0.25) is 0 Å². The first-order chi connectivity index (χ1) is 6.74. The normalized spacial score (nSPS) is 10.4. The molecule has 0 bridgehead atoms. The van der Waals surface area contributed by atoms with E-state index in [0.29, 0.717) is 22.6 Å². The Morgan fingerprint density at radius 2 is 2.14 bits per heavy atom. The van der Waals surface area contributed by atoms with Gasteiger partial charge < -0.3 is 16.2 Å². The second kappa shape index (κ2) is 3.06. The SMILES string of the molecule is COc1cc(N)c2ncccc2c1N. The van der Waals surface area contributed by atoms with Gasteiger partial charge in [-0.2, -0.15) is 0 Å². The first kappa shape index (κ1) is 8.62. The Hall–Kier alpha value is -1.97. The zero-order valence-electron chi connectivity index (χ0n) is 7.82. The second-order valence-electron chi connectivity index (χ2n) is 2.98. The molecule has 0 saturated heterocycles. The summed E-state index contributed by atoms with van der Waals surface area (Å²) in [5.41, 5.74) is 13.5. The highest BCUT2D eigenvalue weighted by molar-refractivity contribution is 6.00. The van der Waals surface area contributed by atoms with Gasteiger partial charge in [-0.1, -0.05) is 0 Å². The first-order valence-corrected chi connectivity index (χ1v) is 4.20. The van der Waals surface area contributed by atoms with Crippen LogP contribution < -0.4 is 16.2 Å². The number of benzene rings is 1. The van der Waals surface area contributed by atoms with Gasteiger partial charge in [0.05, 0.1) is 24.0 Å². The van der Waals surface area contributed by atoms with E-state index >= 15 is 0 Å². The fourth-order valence-electron chi connectivity index (χ4n) is 1.44. The minimum absolute atomic E-state index is 0.574. The van der Waals surface area contributed by atoms with Crippen LogP contribution in [0.25, 0.3) is 10.9 Å². The highest BCUT2D eigenvalue weighted by Crippen LogP contribution is 2.33. The zero-order valence-corrected chi connectivity index (χ0v) is 7.82. The van der Waals surface area contributed by atoms with Crippen LogP contribution in [0.4, 0.5) is 11.4 Å². The van der Waals surface area contributed by atoms with Crippen molar-refractivity contribution < 1.29 is 4.74 Å². The van der Waals surface area contributed by atoms with Gasteiger partial charge in [0, 0.05) is 17.6 Å². The van der Waals surface area contributed by atoms with Gasteiger partial charge in [0.25, 0.3) is 0 Å². The maximum Gasteiger partial charge on any atom is 0.144 e. The molecule has 0 aliphatic rings. The largest absolute Gasteiger partial charge is 0.494 e. The van der Waals surface area contributed by atoms with Crippen LogP contribution in [0.15, 0.2) is 24.4 Å². The molecule has 4 nitrogen and oxygen atoms in total. The predicted octanol–water partition coefficient (Wildman–Crippen LogP) is 1.41. The molecule has 2 aromatic rings. The highest BCUT2D eigenvalue weighted by Gasteiger charge is 2.08. The quantitative estimate of drug-likeness (QED) is 0.665. The van der Waals surface area contributed by atoms with Crippen molar-refractivity contribution in [3.8, 4) is 5.75 Å². The third kappa shape index (κ3) is 1.12. The maximum atomic E-state index is 5.88. The lowest BCUT2D eigenvalue weighted by atomic mass is 10.1. The summed E-state index contributed by atoms with van der Waals surface area (Å²) in [5, 5.41) is 0.823. The van der Waals surface area contributed by atoms with E-state index in [0.717, 1.165) is 5.39 Å². The third-order valence-corrected chi connectivity index (χ3v) is 2.14. The van der Waals surface area contributed by atoms with E-state index in [9.17, 15) is 0 Å². The van der Waals surface area contributed by atoms with Crippen molar-refractivity contribution in [1.82, 2.24) is 4.98 Å². The zero-order chi connectivity index (χ0) is 10.1. The number of aromatic nitrogens is 1. The number of hydrogen-bond acceptors (Lipinski definition) is 4. The Morgan fingerprint density at radius 1 is 1.36 bits per heavy atom. The van der Waals surface area contributed by atoms with E-state index in [2.05, 4.69) is 4.98 Å². The summed E-state index contributed by atoms with van der Waals surface area (Å²) in [6, 6.07) is 5.37. The van der Waals surface area contributed by atoms with Crippen molar-refractivity contribution in [2.75, 3.05) is 18.6 Å². The molecular formula is C10H11N3O. The second-order valence-corrected chi connectivity index (χ2v) is 2.98. The molecule has 0 aliphatic heterocycles. The summed E-state index contributed by atoms with van der Waals surface area (Å²) in [4.78, 5) is 4.16. The van der Waals surface area contributed by atoms with Crippen molar-refractivity contribution >= 4 is 22.3 Å². The minimum Gasteiger partial charge on any atom is -0.494 e. The molecule has 0 unspecified atom stereocenters. The summed E-state index contributed by atoms with van der Waals surface area (Å²) < 4.78 is 5.10. The lowest BCUT2D eigenvalue weighted by molar-refractivity contribution is 0.417. The molecule has 1 heterocycles. The van der Waals surface area contributed by atoms with Gasteiger partial charge in [-0.05, 0) is 12.1 Å². The molecule has 0 aliphatic carbocycles. The topological polar surface area (TPSA) is 74.2 Å². The van der Waals surface area contributed by atoms with Crippen molar-refractivity contribution in [2.24, 2.45) is 0 Å². The molecule has 4 heteroatoms. The molecule has 4 N–H and O–H groups in total. The molecule has 1 aromatic carbocycles. The van der Waals surface area contributed by atoms with Crippen molar-refractivity contribution in [2.45, 2.75) is 0 Å². The summed E-state index contributed by atoms with van der Waals surface area (Å²) in [5.74, 6) is 0.586. The number of rotatable bonds is 1. The van der Waals surface area contributed by atoms with Gasteiger partial charge in [0.15, 0.2) is 0 Å². The molecule has 0 radical (unpaired) electrons. The van der Waals surface area contributed by atoms with Crippen LogP contribution in [-0.4, -0.2) is 12.1 Å². The van der Waals surface area contributed by atoms with Crippen LogP contribution in [0.5, 0.6) is 5.75 Å². The number of methoxy groups -OCH3 is 1. The number of nitrogens with zero attached hydrogens (tertiary/aromatic N) is 1. The van der Waals surface area contributed by atoms with Crippen molar-refractivity contribution in [3.63, 3.8) is 0 Å². The van der Waals surface area contributed by atoms with Gasteiger partial charge in [0.2, 0.25) is 0 Å². The standard InChI is InChI=1S/C10H11N3O/c1-14-8-5-7(11)10-6(9(8)12)3-2-4-13-10/h2-5H,11-12H2,1H3. The van der Waals surface area contributed by atoms with Gasteiger partial charge in [-0.15, -0.1) is 0 Å².